The fourth-order valence-electron chi connectivity index (χ4n) is 3.67. The van der Waals surface area contributed by atoms with Crippen LogP contribution in [-0.4, -0.2) is 53.6 Å². The van der Waals surface area contributed by atoms with Crippen molar-refractivity contribution in [2.75, 3.05) is 37.7 Å². The highest BCUT2D eigenvalue weighted by atomic mass is 19.1. The van der Waals surface area contributed by atoms with Crippen LogP contribution in [0.5, 0.6) is 5.75 Å². The van der Waals surface area contributed by atoms with Gasteiger partial charge in [-0.3, -0.25) is 4.79 Å². The molecule has 160 valence electrons. The van der Waals surface area contributed by atoms with Crippen molar-refractivity contribution in [3.05, 3.63) is 72.3 Å². The van der Waals surface area contributed by atoms with Gasteiger partial charge in [-0.1, -0.05) is 18.2 Å². The molecule has 1 saturated heterocycles. The first-order valence-corrected chi connectivity index (χ1v) is 10.5. The summed E-state index contributed by atoms with van der Waals surface area (Å²) in [5, 5.41) is 0. The van der Waals surface area contributed by atoms with Gasteiger partial charge >= 0.3 is 0 Å². The highest BCUT2D eigenvalue weighted by Gasteiger charge is 2.23. The number of anilines is 1. The van der Waals surface area contributed by atoms with E-state index in [1.54, 1.807) is 29.4 Å². The van der Waals surface area contributed by atoms with E-state index in [0.717, 1.165) is 22.8 Å². The van der Waals surface area contributed by atoms with Gasteiger partial charge in [-0.25, -0.2) is 14.4 Å². The molecule has 1 fully saturated rings. The molecule has 1 aromatic heterocycles. The zero-order chi connectivity index (χ0) is 21.6. The first-order valence-electron chi connectivity index (χ1n) is 10.5. The van der Waals surface area contributed by atoms with E-state index in [1.807, 2.05) is 37.3 Å². The molecule has 1 aliphatic rings. The highest BCUT2D eigenvalue weighted by Crippen LogP contribution is 2.24. The van der Waals surface area contributed by atoms with E-state index in [9.17, 15) is 9.18 Å². The standard InChI is InChI=1S/C24H25FN4O2/c1-2-31-20-9-7-18(8-10-20)22-16-23(27-17-26-22)28-11-13-29(14-12-28)24(30)15-19-5-3-4-6-21(19)25/h3-10,16-17H,2,11-15H2,1H3. The van der Waals surface area contributed by atoms with E-state index in [0.29, 0.717) is 38.3 Å². The molecular weight excluding hydrogens is 395 g/mol. The van der Waals surface area contributed by atoms with Crippen LogP contribution >= 0.6 is 0 Å². The number of hydrogen-bond acceptors (Lipinski definition) is 5. The maximum Gasteiger partial charge on any atom is 0.227 e. The van der Waals surface area contributed by atoms with Gasteiger partial charge in [-0.15, -0.1) is 0 Å². The van der Waals surface area contributed by atoms with Crippen molar-refractivity contribution in [2.45, 2.75) is 13.3 Å². The van der Waals surface area contributed by atoms with Crippen LogP contribution in [0.1, 0.15) is 12.5 Å². The topological polar surface area (TPSA) is 58.6 Å². The first-order chi connectivity index (χ1) is 15.1. The summed E-state index contributed by atoms with van der Waals surface area (Å²) < 4.78 is 19.3. The second-order valence-electron chi connectivity index (χ2n) is 7.35. The van der Waals surface area contributed by atoms with Crippen molar-refractivity contribution in [1.29, 1.82) is 0 Å². The molecule has 0 bridgehead atoms. The quantitative estimate of drug-likeness (QED) is 0.610. The average molecular weight is 420 g/mol. The third kappa shape index (κ3) is 4.99. The van der Waals surface area contributed by atoms with Gasteiger partial charge in [-0.2, -0.15) is 0 Å². The van der Waals surface area contributed by atoms with Gasteiger partial charge in [0.05, 0.1) is 18.7 Å². The lowest BCUT2D eigenvalue weighted by molar-refractivity contribution is -0.130. The number of halogens is 1. The molecule has 3 aromatic rings. The van der Waals surface area contributed by atoms with Crippen molar-refractivity contribution in [3.8, 4) is 17.0 Å². The van der Waals surface area contributed by atoms with E-state index in [4.69, 9.17) is 4.74 Å². The minimum Gasteiger partial charge on any atom is -0.494 e. The Morgan fingerprint density at radius 1 is 1.03 bits per heavy atom. The van der Waals surface area contributed by atoms with Crippen molar-refractivity contribution in [1.82, 2.24) is 14.9 Å². The average Bonchev–Trinajstić information content (AvgIpc) is 2.81. The molecule has 2 aromatic carbocycles. The Kier molecular flexibility index (Phi) is 6.40. The predicted molar refractivity (Wildman–Crippen MR) is 118 cm³/mol. The number of nitrogens with zero attached hydrogens (tertiary/aromatic N) is 4. The van der Waals surface area contributed by atoms with E-state index in [1.165, 1.54) is 6.07 Å². The monoisotopic (exact) mass is 420 g/mol. The number of piperazine rings is 1. The number of amides is 1. The van der Waals surface area contributed by atoms with Crippen LogP contribution in [0.15, 0.2) is 60.9 Å². The zero-order valence-corrected chi connectivity index (χ0v) is 17.5. The number of carbonyl (C=O) groups is 1. The van der Waals surface area contributed by atoms with Gasteiger partial charge in [0.2, 0.25) is 5.91 Å². The van der Waals surface area contributed by atoms with Gasteiger partial charge < -0.3 is 14.5 Å². The Labute approximate surface area is 181 Å². The summed E-state index contributed by atoms with van der Waals surface area (Å²) in [6.45, 7) is 5.08. The molecule has 0 atom stereocenters. The summed E-state index contributed by atoms with van der Waals surface area (Å²) in [6.07, 6.45) is 1.65. The summed E-state index contributed by atoms with van der Waals surface area (Å²) in [4.78, 5) is 25.3. The van der Waals surface area contributed by atoms with Gasteiger partial charge in [-0.05, 0) is 42.8 Å². The Morgan fingerprint density at radius 2 is 1.77 bits per heavy atom. The molecule has 0 aliphatic carbocycles. The fourth-order valence-corrected chi connectivity index (χ4v) is 3.67. The molecule has 2 heterocycles. The van der Waals surface area contributed by atoms with Gasteiger partial charge in [0, 0.05) is 37.8 Å². The molecule has 0 saturated carbocycles. The maximum absolute atomic E-state index is 13.8. The number of rotatable bonds is 6. The molecular formula is C24H25FN4O2. The number of aromatic nitrogens is 2. The van der Waals surface area contributed by atoms with Crippen molar-refractivity contribution < 1.29 is 13.9 Å². The molecule has 0 N–H and O–H groups in total. The number of ether oxygens (including phenoxy) is 1. The molecule has 0 spiro atoms. The Morgan fingerprint density at radius 3 is 2.48 bits per heavy atom. The third-order valence-corrected chi connectivity index (χ3v) is 5.37. The van der Waals surface area contributed by atoms with Crippen molar-refractivity contribution in [2.24, 2.45) is 0 Å². The van der Waals surface area contributed by atoms with Crippen LogP contribution in [0.3, 0.4) is 0 Å². The second-order valence-corrected chi connectivity index (χ2v) is 7.35. The van der Waals surface area contributed by atoms with E-state index in [2.05, 4.69) is 14.9 Å². The number of benzene rings is 2. The van der Waals surface area contributed by atoms with Gasteiger partial charge in [0.15, 0.2) is 0 Å². The molecule has 0 unspecified atom stereocenters. The maximum atomic E-state index is 13.8. The largest absolute Gasteiger partial charge is 0.494 e. The van der Waals surface area contributed by atoms with Gasteiger partial charge in [0.25, 0.3) is 0 Å². The lowest BCUT2D eigenvalue weighted by atomic mass is 10.1. The van der Waals surface area contributed by atoms with Gasteiger partial charge in [0.1, 0.15) is 23.7 Å². The van der Waals surface area contributed by atoms with Crippen LogP contribution < -0.4 is 9.64 Å². The van der Waals surface area contributed by atoms with Crippen molar-refractivity contribution in [3.63, 3.8) is 0 Å². The Balaban J connectivity index is 1.38. The normalized spacial score (nSPS) is 13.9. The van der Waals surface area contributed by atoms with E-state index >= 15 is 0 Å². The summed E-state index contributed by atoms with van der Waals surface area (Å²) in [7, 11) is 0. The van der Waals surface area contributed by atoms with Crippen LogP contribution in [-0.2, 0) is 11.2 Å². The lowest BCUT2D eigenvalue weighted by Gasteiger charge is -2.35. The third-order valence-electron chi connectivity index (χ3n) is 5.37. The first kappa shape index (κ1) is 20.8. The minimum atomic E-state index is -0.336. The van der Waals surface area contributed by atoms with Crippen LogP contribution in [0.2, 0.25) is 0 Å². The zero-order valence-electron chi connectivity index (χ0n) is 17.5. The number of carbonyl (C=O) groups excluding carboxylic acids is 1. The predicted octanol–water partition coefficient (Wildman–Crippen LogP) is 3.57. The number of hydrogen-bond donors (Lipinski definition) is 0. The summed E-state index contributed by atoms with van der Waals surface area (Å²) in [5.41, 5.74) is 2.27. The van der Waals surface area contributed by atoms with E-state index in [-0.39, 0.29) is 18.1 Å². The summed E-state index contributed by atoms with van der Waals surface area (Å²) in [5.74, 6) is 1.27. The van der Waals surface area contributed by atoms with Crippen LogP contribution in [0, 0.1) is 5.82 Å². The Hall–Kier alpha value is -3.48. The molecule has 1 amide bonds. The smallest absolute Gasteiger partial charge is 0.227 e. The van der Waals surface area contributed by atoms with E-state index < -0.39 is 0 Å². The van der Waals surface area contributed by atoms with Crippen LogP contribution in [0.25, 0.3) is 11.3 Å². The summed E-state index contributed by atoms with van der Waals surface area (Å²) >= 11 is 0. The highest BCUT2D eigenvalue weighted by molar-refractivity contribution is 5.79. The molecule has 1 aliphatic heterocycles. The summed E-state index contributed by atoms with van der Waals surface area (Å²) in [6, 6.07) is 16.2. The fraction of sp³-hybridized carbons (Fsp3) is 0.292. The second kappa shape index (κ2) is 9.55. The molecule has 0 radical (unpaired) electrons. The lowest BCUT2D eigenvalue weighted by Crippen LogP contribution is -2.49. The Bertz CT molecular complexity index is 1030. The molecule has 31 heavy (non-hydrogen) atoms. The molecule has 6 nitrogen and oxygen atoms in total. The molecule has 7 heteroatoms. The van der Waals surface area contributed by atoms with Crippen LogP contribution in [0.4, 0.5) is 10.2 Å². The molecule has 4 rings (SSSR count). The minimum absolute atomic E-state index is 0.0532. The van der Waals surface area contributed by atoms with Crippen molar-refractivity contribution >= 4 is 11.7 Å². The SMILES string of the molecule is CCOc1ccc(-c2cc(N3CCN(C(=O)Cc4ccccc4F)CC3)ncn2)cc1.